The Kier molecular flexibility index (Phi) is 6.81. The summed E-state index contributed by atoms with van der Waals surface area (Å²) in [6.07, 6.45) is 2.17. The third kappa shape index (κ3) is 5.57. The molecule has 0 aromatic heterocycles. The van der Waals surface area contributed by atoms with Gasteiger partial charge in [0.05, 0.1) is 25.8 Å². The number of nitrogens with one attached hydrogen (secondary N) is 1. The van der Waals surface area contributed by atoms with Crippen LogP contribution in [0.1, 0.15) is 33.2 Å². The quantitative estimate of drug-likeness (QED) is 0.418. The second-order valence-corrected chi connectivity index (χ2v) is 6.91. The van der Waals surface area contributed by atoms with Crippen LogP contribution in [0.25, 0.3) is 6.08 Å². The van der Waals surface area contributed by atoms with Gasteiger partial charge in [0.25, 0.3) is 0 Å². The van der Waals surface area contributed by atoms with Crippen LogP contribution in [0.15, 0.2) is 54.6 Å². The minimum absolute atomic E-state index is 0.190. The molecule has 0 radical (unpaired) electrons. The van der Waals surface area contributed by atoms with Crippen LogP contribution in [0.5, 0.6) is 0 Å². The maximum absolute atomic E-state index is 12.4. The van der Waals surface area contributed by atoms with E-state index < -0.39 is 18.2 Å². The van der Waals surface area contributed by atoms with Gasteiger partial charge in [-0.05, 0) is 48.0 Å². The number of ether oxygens (including phenoxy) is 2. The fourth-order valence-electron chi connectivity index (χ4n) is 3.02. The van der Waals surface area contributed by atoms with E-state index in [1.54, 1.807) is 54.6 Å². The Morgan fingerprint density at radius 1 is 1.10 bits per heavy atom. The number of rotatable bonds is 7. The average molecular weight is 422 g/mol. The molecule has 0 unspecified atom stereocenters. The molecular weight excluding hydrogens is 400 g/mol. The van der Waals surface area contributed by atoms with E-state index in [0.717, 1.165) is 5.56 Å². The van der Waals surface area contributed by atoms with Crippen molar-refractivity contribution in [1.82, 2.24) is 5.32 Å². The van der Waals surface area contributed by atoms with Gasteiger partial charge in [-0.15, -0.1) is 0 Å². The van der Waals surface area contributed by atoms with Gasteiger partial charge in [-0.2, -0.15) is 0 Å². The zero-order chi connectivity index (χ0) is 22.4. The molecule has 1 N–H and O–H groups in total. The molecule has 160 valence electrons. The Morgan fingerprint density at radius 3 is 2.35 bits per heavy atom. The standard InChI is InChI=1S/C23H22N2O6/c1-15(26)24-13-20-14-25(23(29)31-20)19-10-8-17(9-11-19)21(27)12-5-16-3-6-18(7-4-16)22(28)30-2/h3-12,20H,13-14H2,1-2H3,(H,24,26)/b12-5+/t20-/m0/s1. The number of ketones is 1. The van der Waals surface area contributed by atoms with Crippen molar-refractivity contribution in [3.8, 4) is 0 Å². The van der Waals surface area contributed by atoms with Gasteiger partial charge in [0.2, 0.25) is 5.91 Å². The molecule has 2 amide bonds. The van der Waals surface area contributed by atoms with E-state index in [2.05, 4.69) is 10.1 Å². The lowest BCUT2D eigenvalue weighted by atomic mass is 10.1. The first-order valence-corrected chi connectivity index (χ1v) is 9.61. The number of esters is 1. The zero-order valence-corrected chi connectivity index (χ0v) is 17.2. The van der Waals surface area contributed by atoms with Gasteiger partial charge in [0, 0.05) is 18.2 Å². The van der Waals surface area contributed by atoms with Gasteiger partial charge in [0.1, 0.15) is 6.10 Å². The smallest absolute Gasteiger partial charge is 0.414 e. The van der Waals surface area contributed by atoms with Gasteiger partial charge >= 0.3 is 12.1 Å². The van der Waals surface area contributed by atoms with Crippen molar-refractivity contribution in [3.05, 3.63) is 71.3 Å². The number of carbonyl (C=O) groups is 4. The van der Waals surface area contributed by atoms with E-state index in [1.165, 1.54) is 25.0 Å². The number of cyclic esters (lactones) is 1. The molecule has 1 aliphatic heterocycles. The second-order valence-electron chi connectivity index (χ2n) is 6.91. The number of hydrogen-bond acceptors (Lipinski definition) is 6. The Labute approximate surface area is 179 Å². The summed E-state index contributed by atoms with van der Waals surface area (Å²) >= 11 is 0. The molecule has 2 aromatic carbocycles. The van der Waals surface area contributed by atoms with Gasteiger partial charge in [-0.25, -0.2) is 9.59 Å². The van der Waals surface area contributed by atoms with E-state index in [-0.39, 0.29) is 18.2 Å². The highest BCUT2D eigenvalue weighted by atomic mass is 16.6. The van der Waals surface area contributed by atoms with Crippen molar-refractivity contribution in [3.63, 3.8) is 0 Å². The van der Waals surface area contributed by atoms with E-state index in [4.69, 9.17) is 4.74 Å². The molecule has 0 aliphatic carbocycles. The molecule has 1 fully saturated rings. The zero-order valence-electron chi connectivity index (χ0n) is 17.2. The number of allylic oxidation sites excluding steroid dienone is 1. The minimum Gasteiger partial charge on any atom is -0.465 e. The first kappa shape index (κ1) is 21.8. The monoisotopic (exact) mass is 422 g/mol. The number of carbonyl (C=O) groups excluding carboxylic acids is 4. The maximum atomic E-state index is 12.4. The van der Waals surface area contributed by atoms with Crippen molar-refractivity contribution in [2.45, 2.75) is 13.0 Å². The first-order valence-electron chi connectivity index (χ1n) is 9.61. The Hall–Kier alpha value is -3.94. The molecule has 8 heteroatoms. The van der Waals surface area contributed by atoms with Gasteiger partial charge in [0.15, 0.2) is 5.78 Å². The summed E-state index contributed by atoms with van der Waals surface area (Å²) in [6.45, 7) is 1.96. The van der Waals surface area contributed by atoms with Crippen LogP contribution in [0, 0.1) is 0 Å². The van der Waals surface area contributed by atoms with Gasteiger partial charge < -0.3 is 14.8 Å². The highest BCUT2D eigenvalue weighted by Gasteiger charge is 2.32. The first-order chi connectivity index (χ1) is 14.9. The molecule has 1 atom stereocenters. The lowest BCUT2D eigenvalue weighted by molar-refractivity contribution is -0.119. The predicted octanol–water partition coefficient (Wildman–Crippen LogP) is 2.83. The minimum atomic E-state index is -0.496. The second kappa shape index (κ2) is 9.71. The molecule has 0 spiro atoms. The van der Waals surface area contributed by atoms with E-state index in [9.17, 15) is 19.2 Å². The fraction of sp³-hybridized carbons (Fsp3) is 0.217. The maximum Gasteiger partial charge on any atom is 0.414 e. The predicted molar refractivity (Wildman–Crippen MR) is 114 cm³/mol. The van der Waals surface area contributed by atoms with Crippen LogP contribution in [0.3, 0.4) is 0 Å². The van der Waals surface area contributed by atoms with Crippen LogP contribution < -0.4 is 10.2 Å². The molecular formula is C23H22N2O6. The third-order valence-corrected chi connectivity index (χ3v) is 4.68. The van der Waals surface area contributed by atoms with Gasteiger partial charge in [-0.3, -0.25) is 14.5 Å². The molecule has 2 aromatic rings. The highest BCUT2D eigenvalue weighted by Crippen LogP contribution is 2.22. The van der Waals surface area contributed by atoms with Crippen molar-refractivity contribution >= 4 is 35.5 Å². The van der Waals surface area contributed by atoms with Crippen molar-refractivity contribution < 1.29 is 28.7 Å². The Bertz CT molecular complexity index is 1010. The van der Waals surface area contributed by atoms with Crippen LogP contribution in [-0.2, 0) is 14.3 Å². The molecule has 3 rings (SSSR count). The largest absolute Gasteiger partial charge is 0.465 e. The van der Waals surface area contributed by atoms with Gasteiger partial charge in [-0.1, -0.05) is 18.2 Å². The lowest BCUT2D eigenvalue weighted by Gasteiger charge is -2.13. The van der Waals surface area contributed by atoms with E-state index >= 15 is 0 Å². The van der Waals surface area contributed by atoms with E-state index in [0.29, 0.717) is 23.4 Å². The fourth-order valence-corrected chi connectivity index (χ4v) is 3.02. The molecule has 1 aliphatic rings. The van der Waals surface area contributed by atoms with Crippen molar-refractivity contribution in [2.24, 2.45) is 0 Å². The summed E-state index contributed by atoms with van der Waals surface area (Å²) in [5.74, 6) is -0.809. The number of hydrogen-bond donors (Lipinski definition) is 1. The summed E-state index contributed by atoms with van der Waals surface area (Å²) in [5.41, 5.74) is 2.27. The normalized spacial score (nSPS) is 15.6. The third-order valence-electron chi connectivity index (χ3n) is 4.68. The highest BCUT2D eigenvalue weighted by molar-refractivity contribution is 6.07. The number of anilines is 1. The molecule has 0 bridgehead atoms. The van der Waals surface area contributed by atoms with E-state index in [1.807, 2.05) is 0 Å². The number of methoxy groups -OCH3 is 1. The summed E-state index contributed by atoms with van der Waals surface area (Å²) in [5, 5.41) is 2.63. The number of amides is 2. The number of benzene rings is 2. The molecule has 1 saturated heterocycles. The Morgan fingerprint density at radius 2 is 1.74 bits per heavy atom. The Balaban J connectivity index is 1.61. The molecule has 31 heavy (non-hydrogen) atoms. The summed E-state index contributed by atoms with van der Waals surface area (Å²) in [6, 6.07) is 13.3. The molecule has 8 nitrogen and oxygen atoms in total. The topological polar surface area (TPSA) is 102 Å². The average Bonchev–Trinajstić information content (AvgIpc) is 3.16. The number of nitrogens with zero attached hydrogens (tertiary/aromatic N) is 1. The molecule has 0 saturated carbocycles. The van der Waals surface area contributed by atoms with Crippen LogP contribution in [0.4, 0.5) is 10.5 Å². The van der Waals surface area contributed by atoms with Crippen LogP contribution in [-0.4, -0.2) is 50.1 Å². The van der Waals surface area contributed by atoms with Crippen LogP contribution >= 0.6 is 0 Å². The lowest BCUT2D eigenvalue weighted by Crippen LogP contribution is -2.33. The van der Waals surface area contributed by atoms with Crippen LogP contribution in [0.2, 0.25) is 0 Å². The van der Waals surface area contributed by atoms with Crippen molar-refractivity contribution in [1.29, 1.82) is 0 Å². The summed E-state index contributed by atoms with van der Waals surface area (Å²) in [7, 11) is 1.32. The SMILES string of the molecule is COC(=O)c1ccc(/C=C/C(=O)c2ccc(N3C[C@H](CNC(C)=O)OC3=O)cc2)cc1. The molecule has 1 heterocycles. The van der Waals surface area contributed by atoms with Crippen molar-refractivity contribution in [2.75, 3.05) is 25.1 Å². The summed E-state index contributed by atoms with van der Waals surface area (Å²) < 4.78 is 9.89. The summed E-state index contributed by atoms with van der Waals surface area (Å²) in [4.78, 5) is 48.4.